The van der Waals surface area contributed by atoms with Crippen LogP contribution in [0.3, 0.4) is 0 Å². The molecule has 4 heteroatoms. The lowest BCUT2D eigenvalue weighted by molar-refractivity contribution is 1.21. The van der Waals surface area contributed by atoms with E-state index in [1.165, 1.54) is 11.3 Å². The van der Waals surface area contributed by atoms with Gasteiger partial charge in [0.05, 0.1) is 15.9 Å². The van der Waals surface area contributed by atoms with Crippen LogP contribution in [-0.4, -0.2) is 9.97 Å². The molecule has 2 aromatic heterocycles. The Morgan fingerprint density at radius 2 is 1.88 bits per heavy atom. The van der Waals surface area contributed by atoms with Crippen LogP contribution in [0.4, 0.5) is 5.13 Å². The van der Waals surface area contributed by atoms with Crippen molar-refractivity contribution in [2.75, 3.05) is 5.73 Å². The van der Waals surface area contributed by atoms with Gasteiger partial charge in [0.1, 0.15) is 0 Å². The largest absolute Gasteiger partial charge is 0.375 e. The monoisotopic (exact) mass is 241 g/mol. The standard InChI is InChI=1S/C13H11N3S/c1-8-4-2-6-10(15-8)9-5-3-7-11-12(9)17-13(14)16-11/h2-7H,1H3,(H2,14,16). The number of rotatable bonds is 1. The van der Waals surface area contributed by atoms with E-state index >= 15 is 0 Å². The molecule has 0 spiro atoms. The van der Waals surface area contributed by atoms with E-state index in [1.807, 2.05) is 37.3 Å². The van der Waals surface area contributed by atoms with Gasteiger partial charge in [-0.05, 0) is 25.1 Å². The van der Waals surface area contributed by atoms with Crippen LogP contribution in [0, 0.1) is 6.92 Å². The molecular weight excluding hydrogens is 230 g/mol. The third-order valence-electron chi connectivity index (χ3n) is 2.60. The Morgan fingerprint density at radius 1 is 1.06 bits per heavy atom. The van der Waals surface area contributed by atoms with Crippen LogP contribution >= 0.6 is 11.3 Å². The van der Waals surface area contributed by atoms with Crippen molar-refractivity contribution in [3.05, 3.63) is 42.1 Å². The first kappa shape index (κ1) is 10.2. The second-order valence-corrected chi connectivity index (χ2v) is 4.90. The van der Waals surface area contributed by atoms with Crippen LogP contribution in [0.15, 0.2) is 36.4 Å². The molecule has 0 atom stereocenters. The zero-order valence-corrected chi connectivity index (χ0v) is 10.2. The normalized spacial score (nSPS) is 10.9. The third-order valence-corrected chi connectivity index (χ3v) is 3.53. The van der Waals surface area contributed by atoms with E-state index in [0.29, 0.717) is 5.13 Å². The molecule has 0 aliphatic heterocycles. The molecule has 0 bridgehead atoms. The Morgan fingerprint density at radius 3 is 2.71 bits per heavy atom. The van der Waals surface area contributed by atoms with Gasteiger partial charge in [-0.25, -0.2) is 4.98 Å². The fraction of sp³-hybridized carbons (Fsp3) is 0.0769. The molecule has 3 nitrogen and oxygen atoms in total. The average molecular weight is 241 g/mol. The molecule has 0 aliphatic carbocycles. The molecule has 0 radical (unpaired) electrons. The zero-order valence-electron chi connectivity index (χ0n) is 9.34. The highest BCUT2D eigenvalue weighted by atomic mass is 32.1. The number of thiazole rings is 1. The zero-order chi connectivity index (χ0) is 11.8. The second kappa shape index (κ2) is 3.82. The number of nitrogens with two attached hydrogens (primary N) is 1. The van der Waals surface area contributed by atoms with Crippen LogP contribution in [0.5, 0.6) is 0 Å². The number of nitrogen functional groups attached to an aromatic ring is 1. The lowest BCUT2D eigenvalue weighted by atomic mass is 10.1. The summed E-state index contributed by atoms with van der Waals surface area (Å²) in [6, 6.07) is 12.0. The maximum atomic E-state index is 5.75. The Labute approximate surface area is 103 Å². The summed E-state index contributed by atoms with van der Waals surface area (Å²) in [4.78, 5) is 8.83. The third kappa shape index (κ3) is 1.76. The fourth-order valence-corrected chi connectivity index (χ4v) is 2.71. The van der Waals surface area contributed by atoms with Gasteiger partial charge in [-0.3, -0.25) is 4.98 Å². The van der Waals surface area contributed by atoms with Gasteiger partial charge in [-0.2, -0.15) is 0 Å². The van der Waals surface area contributed by atoms with Crippen molar-refractivity contribution < 1.29 is 0 Å². The average Bonchev–Trinajstić information content (AvgIpc) is 2.68. The van der Waals surface area contributed by atoms with Crippen molar-refractivity contribution in [3.63, 3.8) is 0 Å². The fourth-order valence-electron chi connectivity index (χ4n) is 1.86. The van der Waals surface area contributed by atoms with Gasteiger partial charge in [-0.1, -0.05) is 29.5 Å². The van der Waals surface area contributed by atoms with E-state index in [2.05, 4.69) is 16.0 Å². The molecule has 0 amide bonds. The molecule has 2 heterocycles. The van der Waals surface area contributed by atoms with Crippen LogP contribution in [-0.2, 0) is 0 Å². The molecule has 0 fully saturated rings. The molecule has 0 saturated heterocycles. The number of hydrogen-bond acceptors (Lipinski definition) is 4. The quantitative estimate of drug-likeness (QED) is 0.711. The first-order valence-corrected chi connectivity index (χ1v) is 6.15. The number of pyridine rings is 1. The van der Waals surface area contributed by atoms with Crippen LogP contribution in [0.1, 0.15) is 5.69 Å². The van der Waals surface area contributed by atoms with E-state index in [9.17, 15) is 0 Å². The molecule has 3 rings (SSSR count). The molecule has 3 aromatic rings. The minimum absolute atomic E-state index is 0.597. The van der Waals surface area contributed by atoms with Crippen molar-refractivity contribution in [2.45, 2.75) is 6.92 Å². The van der Waals surface area contributed by atoms with E-state index in [4.69, 9.17) is 5.73 Å². The van der Waals surface area contributed by atoms with Gasteiger partial charge >= 0.3 is 0 Å². The van der Waals surface area contributed by atoms with Gasteiger partial charge < -0.3 is 5.73 Å². The van der Waals surface area contributed by atoms with Crippen LogP contribution in [0.25, 0.3) is 21.5 Å². The van der Waals surface area contributed by atoms with Gasteiger partial charge in [0.2, 0.25) is 0 Å². The van der Waals surface area contributed by atoms with Crippen molar-refractivity contribution in [3.8, 4) is 11.3 Å². The number of hydrogen-bond donors (Lipinski definition) is 1. The summed E-state index contributed by atoms with van der Waals surface area (Å²) in [5, 5.41) is 0.597. The van der Waals surface area contributed by atoms with E-state index in [-0.39, 0.29) is 0 Å². The second-order valence-electron chi connectivity index (χ2n) is 3.87. The maximum Gasteiger partial charge on any atom is 0.181 e. The Bertz CT molecular complexity index is 688. The summed E-state index contributed by atoms with van der Waals surface area (Å²) < 4.78 is 1.10. The van der Waals surface area contributed by atoms with Crippen molar-refractivity contribution in [2.24, 2.45) is 0 Å². The predicted octanol–water partition coefficient (Wildman–Crippen LogP) is 3.25. The molecular formula is C13H11N3S. The molecule has 84 valence electrons. The molecule has 1 aromatic carbocycles. The van der Waals surface area contributed by atoms with Crippen LogP contribution in [0.2, 0.25) is 0 Å². The first-order valence-electron chi connectivity index (χ1n) is 5.33. The molecule has 2 N–H and O–H groups in total. The summed E-state index contributed by atoms with van der Waals surface area (Å²) in [6.07, 6.45) is 0. The van der Waals surface area contributed by atoms with Crippen molar-refractivity contribution >= 4 is 26.7 Å². The van der Waals surface area contributed by atoms with E-state index in [1.54, 1.807) is 0 Å². The summed E-state index contributed by atoms with van der Waals surface area (Å²) in [6.45, 7) is 1.99. The number of aromatic nitrogens is 2. The maximum absolute atomic E-state index is 5.75. The SMILES string of the molecule is Cc1cccc(-c2cccc3nc(N)sc23)n1. The Kier molecular flexibility index (Phi) is 2.30. The minimum Gasteiger partial charge on any atom is -0.375 e. The highest BCUT2D eigenvalue weighted by molar-refractivity contribution is 7.22. The minimum atomic E-state index is 0.597. The van der Waals surface area contributed by atoms with Crippen molar-refractivity contribution in [1.29, 1.82) is 0 Å². The molecule has 17 heavy (non-hydrogen) atoms. The topological polar surface area (TPSA) is 51.8 Å². The van der Waals surface area contributed by atoms with Crippen LogP contribution < -0.4 is 5.73 Å². The highest BCUT2D eigenvalue weighted by Gasteiger charge is 2.08. The number of benzene rings is 1. The van der Waals surface area contributed by atoms with E-state index in [0.717, 1.165) is 27.2 Å². The summed E-state index contributed by atoms with van der Waals surface area (Å²) in [5.41, 5.74) is 9.77. The molecule has 0 saturated carbocycles. The van der Waals surface area contributed by atoms with E-state index < -0.39 is 0 Å². The predicted molar refractivity (Wildman–Crippen MR) is 72.0 cm³/mol. The summed E-state index contributed by atoms with van der Waals surface area (Å²) in [7, 11) is 0. The number of aryl methyl sites for hydroxylation is 1. The lowest BCUT2D eigenvalue weighted by Crippen LogP contribution is -1.86. The first-order chi connectivity index (χ1) is 8.24. The van der Waals surface area contributed by atoms with Gasteiger partial charge in [-0.15, -0.1) is 0 Å². The number of fused-ring (bicyclic) bond motifs is 1. The smallest absolute Gasteiger partial charge is 0.181 e. The highest BCUT2D eigenvalue weighted by Crippen LogP contribution is 2.32. The number of nitrogens with zero attached hydrogens (tertiary/aromatic N) is 2. The Balaban J connectivity index is 2.30. The lowest BCUT2D eigenvalue weighted by Gasteiger charge is -2.02. The summed E-state index contributed by atoms with van der Waals surface area (Å²) in [5.74, 6) is 0. The van der Waals surface area contributed by atoms with Crippen molar-refractivity contribution in [1.82, 2.24) is 9.97 Å². The van der Waals surface area contributed by atoms with Gasteiger partial charge in [0.15, 0.2) is 5.13 Å². The Hall–Kier alpha value is -1.94. The summed E-state index contributed by atoms with van der Waals surface area (Å²) >= 11 is 1.51. The molecule has 0 unspecified atom stereocenters. The molecule has 0 aliphatic rings. The van der Waals surface area contributed by atoms with Gasteiger partial charge in [0, 0.05) is 11.3 Å². The number of anilines is 1. The van der Waals surface area contributed by atoms with Gasteiger partial charge in [0.25, 0.3) is 0 Å².